The van der Waals surface area contributed by atoms with Gasteiger partial charge in [-0.1, -0.05) is 121 Å². The van der Waals surface area contributed by atoms with E-state index in [0.29, 0.717) is 98.9 Å². The van der Waals surface area contributed by atoms with Gasteiger partial charge in [0, 0.05) is 22.3 Å². The fraction of sp³-hybridized carbons (Fsp3) is 0.0952. The van der Waals surface area contributed by atoms with E-state index < -0.39 is 0 Å². The maximum absolute atomic E-state index is 6.53. The molecule has 0 saturated carbocycles. The van der Waals surface area contributed by atoms with Crippen molar-refractivity contribution in [3.05, 3.63) is 218 Å². The van der Waals surface area contributed by atoms with Gasteiger partial charge in [-0.2, -0.15) is 0 Å². The SMILES string of the molecule is [Pt+2].c1ccc2cc3c(cc2c1)-c1nc-3c(-c2ccc3c(c2)OCCO3)c2[n-]c(c(-c3ccc4c(c3)OCCO4)c3nc(c(-c4ccc5c(c4)OCCO5)c4[n-]c(c1-c1ccc5c(c1)OCCO5)c1cc5ccccc5cc41)-c1cc4ccccc4cc1-3)c1cc3ccccc3cc21. The number of benzene rings is 12. The number of ether oxygens (including phenoxy) is 8. The quantitative estimate of drug-likeness (QED) is 0.166. The Morgan fingerprint density at radius 1 is 0.227 bits per heavy atom. The first kappa shape index (κ1) is 55.8. The Balaban J connectivity index is 0.00000641. The number of aromatic nitrogens is 4. The molecule has 8 bridgehead atoms. The molecule has 13 heteroatoms. The van der Waals surface area contributed by atoms with Crippen LogP contribution in [-0.4, -0.2) is 62.8 Å². The van der Waals surface area contributed by atoms with Crippen LogP contribution in [0.25, 0.3) is 176 Å². The molecule has 0 radical (unpaired) electrons. The van der Waals surface area contributed by atoms with Gasteiger partial charge in [-0.15, -0.1) is 22.1 Å². The maximum atomic E-state index is 6.53. The molecule has 1 aliphatic carbocycles. The predicted octanol–water partition coefficient (Wildman–Crippen LogP) is 18.9. The van der Waals surface area contributed by atoms with Crippen LogP contribution in [0.2, 0.25) is 0 Å². The van der Waals surface area contributed by atoms with Crippen LogP contribution in [0.3, 0.4) is 0 Å². The van der Waals surface area contributed by atoms with Crippen molar-refractivity contribution >= 4 is 86.7 Å². The minimum absolute atomic E-state index is 0. The first-order valence-corrected chi connectivity index (χ1v) is 32.6. The van der Waals surface area contributed by atoms with Gasteiger partial charge in [-0.05, 0) is 206 Å². The van der Waals surface area contributed by atoms with Gasteiger partial charge >= 0.3 is 21.1 Å². The average molecular weight is 1440 g/mol. The summed E-state index contributed by atoms with van der Waals surface area (Å²) in [5.74, 6) is 5.23. The first-order chi connectivity index (χ1) is 47.5. The molecule has 0 spiro atoms. The van der Waals surface area contributed by atoms with Gasteiger partial charge in [0.25, 0.3) is 0 Å². The van der Waals surface area contributed by atoms with Crippen molar-refractivity contribution in [3.8, 4) is 136 Å². The van der Waals surface area contributed by atoms with Gasteiger partial charge in [-0.25, -0.2) is 9.97 Å². The van der Waals surface area contributed by atoms with E-state index in [1.807, 2.05) is 24.3 Å². The molecule has 8 heterocycles. The zero-order chi connectivity index (χ0) is 62.7. The van der Waals surface area contributed by atoms with Crippen LogP contribution in [0.15, 0.2) is 218 Å². The number of fused-ring (bicyclic) bond motifs is 8. The van der Waals surface area contributed by atoms with Gasteiger partial charge in [0.1, 0.15) is 52.9 Å². The van der Waals surface area contributed by atoms with Crippen LogP contribution in [0, 0.1) is 0 Å². The zero-order valence-electron chi connectivity index (χ0n) is 51.8. The second-order valence-electron chi connectivity index (χ2n) is 25.1. The van der Waals surface area contributed by atoms with Crippen molar-refractivity contribution in [3.63, 3.8) is 0 Å². The van der Waals surface area contributed by atoms with Crippen molar-refractivity contribution in [1.29, 1.82) is 0 Å². The monoisotopic (exact) mass is 1440 g/mol. The van der Waals surface area contributed by atoms with Crippen molar-refractivity contribution in [2.75, 3.05) is 52.9 Å². The van der Waals surface area contributed by atoms with Gasteiger partial charge < -0.3 is 47.9 Å². The fourth-order valence-corrected chi connectivity index (χ4v) is 15.3. The summed E-state index contributed by atoms with van der Waals surface area (Å²) >= 11 is 0. The predicted molar refractivity (Wildman–Crippen MR) is 379 cm³/mol. The van der Waals surface area contributed by atoms with Gasteiger partial charge in [-0.3, -0.25) is 0 Å². The van der Waals surface area contributed by atoms with Crippen molar-refractivity contribution in [2.45, 2.75) is 0 Å². The largest absolute Gasteiger partial charge is 2.00 e. The van der Waals surface area contributed by atoms with Gasteiger partial charge in [0.05, 0.1) is 22.8 Å². The smallest absolute Gasteiger partial charge is 0.656 e. The average Bonchev–Trinajstić information content (AvgIpc) is 1.56. The third kappa shape index (κ3) is 8.72. The van der Waals surface area contributed by atoms with E-state index in [4.69, 9.17) is 57.8 Å². The normalized spacial score (nSPS) is 14.0. The molecule has 14 aromatic rings. The molecular weight excluding hydrogens is 1390 g/mol. The number of hydrogen-bond donors (Lipinski definition) is 0. The Hall–Kier alpha value is -11.6. The molecule has 0 fully saturated rings. The van der Waals surface area contributed by atoms with Crippen LogP contribution >= 0.6 is 0 Å². The maximum Gasteiger partial charge on any atom is 2.00 e. The fourth-order valence-electron chi connectivity index (χ4n) is 15.3. The number of rotatable bonds is 4. The topological polar surface area (TPSA) is 128 Å². The summed E-state index contributed by atoms with van der Waals surface area (Å²) in [7, 11) is 0. The number of hydrogen-bond acceptors (Lipinski definition) is 10. The molecule has 12 aromatic carbocycles. The van der Waals surface area contributed by atoms with E-state index in [2.05, 4.69) is 194 Å². The summed E-state index contributed by atoms with van der Waals surface area (Å²) in [6.07, 6.45) is 0. The van der Waals surface area contributed by atoms with Crippen molar-refractivity contribution in [2.24, 2.45) is 0 Å². The molecular formula is C84H52N4O8Pt. The van der Waals surface area contributed by atoms with Crippen LogP contribution in [-0.2, 0) is 21.1 Å². The molecule has 12 nitrogen and oxygen atoms in total. The molecule has 0 saturated heterocycles. The molecule has 21 rings (SSSR count). The molecule has 6 aliphatic heterocycles. The molecule has 0 unspecified atom stereocenters. The Kier molecular flexibility index (Phi) is 12.5. The summed E-state index contributed by atoms with van der Waals surface area (Å²) in [6.45, 7) is 3.37. The minimum atomic E-state index is 0. The minimum Gasteiger partial charge on any atom is -0.656 e. The van der Waals surface area contributed by atoms with E-state index in [-0.39, 0.29) is 21.1 Å². The molecule has 466 valence electrons. The van der Waals surface area contributed by atoms with E-state index in [1.165, 1.54) is 0 Å². The van der Waals surface area contributed by atoms with Crippen molar-refractivity contribution < 1.29 is 59.0 Å². The van der Waals surface area contributed by atoms with E-state index in [0.717, 1.165) is 176 Å². The van der Waals surface area contributed by atoms with Crippen LogP contribution in [0.5, 0.6) is 46.0 Å². The second kappa shape index (κ2) is 21.7. The van der Waals surface area contributed by atoms with Crippen LogP contribution in [0.1, 0.15) is 0 Å². The third-order valence-electron chi connectivity index (χ3n) is 19.7. The molecule has 7 aliphatic rings. The molecule has 0 atom stereocenters. The molecule has 2 aromatic heterocycles. The Morgan fingerprint density at radius 2 is 0.433 bits per heavy atom. The summed E-state index contributed by atoms with van der Waals surface area (Å²) in [4.78, 5) is 25.0. The Bertz CT molecular complexity index is 5420. The summed E-state index contributed by atoms with van der Waals surface area (Å²) in [5, 5.41) is 12.1. The first-order valence-electron chi connectivity index (χ1n) is 32.6. The van der Waals surface area contributed by atoms with Gasteiger partial charge in [0.15, 0.2) is 46.0 Å². The van der Waals surface area contributed by atoms with Crippen molar-refractivity contribution in [1.82, 2.24) is 19.9 Å². The second-order valence-corrected chi connectivity index (χ2v) is 25.1. The van der Waals surface area contributed by atoms with E-state index >= 15 is 0 Å². The van der Waals surface area contributed by atoms with E-state index in [9.17, 15) is 0 Å². The summed E-state index contributed by atoms with van der Waals surface area (Å²) in [6, 6.07) is 77.6. The number of nitrogens with zero attached hydrogens (tertiary/aromatic N) is 4. The summed E-state index contributed by atoms with van der Waals surface area (Å²) < 4.78 is 51.3. The molecule has 0 amide bonds. The Morgan fingerprint density at radius 3 is 0.660 bits per heavy atom. The Labute approximate surface area is 568 Å². The van der Waals surface area contributed by atoms with Crippen LogP contribution < -0.4 is 47.9 Å². The van der Waals surface area contributed by atoms with Crippen LogP contribution in [0.4, 0.5) is 0 Å². The van der Waals surface area contributed by atoms with E-state index in [1.54, 1.807) is 0 Å². The molecule has 0 N–H and O–H groups in total. The molecule has 97 heavy (non-hydrogen) atoms. The standard InChI is InChI=1S/C84H52N4O8.Pt/c1-2-10-46-34-58-57(33-45(46)9-1)77-73(53-17-21-65-69(41-53)93-29-25-89-65)79-59-35-47-11-3-4-12-48(47)36-60(59)81(86-79)75(55-19-23-67-71(43-55)95-31-27-91-67)83-63-39-51-15-7-8-16-52(51)40-64(63)84(88-83)76(56-20-24-68-72(44-56)96-32-28-92-68)82-62-38-50-14-6-5-13-49(50)37-61(62)80(87-82)74(78(58)85-77)54-18-22-66-70(42-54)94-30-26-90-66;/h1-24,33-44H,25-32H2;/q-2;+2. The summed E-state index contributed by atoms with van der Waals surface area (Å²) in [5.41, 5.74) is 16.0. The third-order valence-corrected chi connectivity index (χ3v) is 19.7. The zero-order valence-corrected chi connectivity index (χ0v) is 54.1. The van der Waals surface area contributed by atoms with Gasteiger partial charge in [0.2, 0.25) is 0 Å².